The second kappa shape index (κ2) is 8.88. The molecule has 9 heteroatoms. The van der Waals surface area contributed by atoms with Gasteiger partial charge in [-0.2, -0.15) is 0 Å². The van der Waals surface area contributed by atoms with Crippen molar-refractivity contribution in [3.8, 4) is 11.5 Å². The molecule has 4 heterocycles. The number of aromatic nitrogens is 3. The molecule has 178 valence electrons. The van der Waals surface area contributed by atoms with Gasteiger partial charge in [0.25, 0.3) is 0 Å². The van der Waals surface area contributed by atoms with Crippen molar-refractivity contribution in [2.75, 3.05) is 23.8 Å². The number of allylic oxidation sites excluding steroid dienone is 1. The highest BCUT2D eigenvalue weighted by atomic mass is 32.2. The minimum absolute atomic E-state index is 0.00593. The first kappa shape index (κ1) is 21.9. The van der Waals surface area contributed by atoms with Gasteiger partial charge < -0.3 is 14.4 Å². The smallest absolute Gasteiger partial charge is 0.231 e. The van der Waals surface area contributed by atoms with Crippen molar-refractivity contribution in [1.29, 1.82) is 0 Å². The minimum Gasteiger partial charge on any atom is -0.485 e. The summed E-state index contributed by atoms with van der Waals surface area (Å²) in [7, 11) is 0. The third-order valence-corrected chi connectivity index (χ3v) is 7.48. The van der Waals surface area contributed by atoms with Crippen LogP contribution in [0.3, 0.4) is 0 Å². The average molecular weight is 489 g/mol. The zero-order valence-electron chi connectivity index (χ0n) is 19.1. The van der Waals surface area contributed by atoms with Crippen molar-refractivity contribution in [3.63, 3.8) is 0 Å². The number of hydrogen-bond acceptors (Lipinski definition) is 7. The molecule has 0 spiro atoms. The molecule has 3 aliphatic rings. The van der Waals surface area contributed by atoms with E-state index < -0.39 is 6.10 Å². The van der Waals surface area contributed by atoms with Gasteiger partial charge in [-0.05, 0) is 48.2 Å². The van der Waals surface area contributed by atoms with Gasteiger partial charge in [0.2, 0.25) is 5.91 Å². The van der Waals surface area contributed by atoms with E-state index in [9.17, 15) is 9.59 Å². The zero-order chi connectivity index (χ0) is 23.9. The van der Waals surface area contributed by atoms with Crippen molar-refractivity contribution in [2.24, 2.45) is 0 Å². The Morgan fingerprint density at radius 1 is 1.20 bits per heavy atom. The zero-order valence-corrected chi connectivity index (χ0v) is 19.9. The highest BCUT2D eigenvalue weighted by Gasteiger charge is 2.33. The molecule has 0 radical (unpaired) electrons. The maximum Gasteiger partial charge on any atom is 0.231 e. The highest BCUT2D eigenvalue weighted by molar-refractivity contribution is 7.99. The lowest BCUT2D eigenvalue weighted by Gasteiger charge is -2.26. The Labute approximate surface area is 206 Å². The van der Waals surface area contributed by atoms with Gasteiger partial charge in [0.05, 0.1) is 17.9 Å². The van der Waals surface area contributed by atoms with Gasteiger partial charge in [0.15, 0.2) is 34.4 Å². The van der Waals surface area contributed by atoms with E-state index >= 15 is 0 Å². The fraction of sp³-hybridized carbons (Fsp3) is 0.308. The van der Waals surface area contributed by atoms with Crippen LogP contribution in [0.4, 0.5) is 5.69 Å². The summed E-state index contributed by atoms with van der Waals surface area (Å²) >= 11 is 1.34. The molecule has 0 fully saturated rings. The Balaban J connectivity index is 1.20. The molecule has 1 atom stereocenters. The molecule has 0 saturated carbocycles. The lowest BCUT2D eigenvalue weighted by atomic mass is 9.96. The number of fused-ring (bicyclic) bond motifs is 1. The number of para-hydroxylation sites is 2. The molecular weight excluding hydrogens is 464 g/mol. The number of aryl methyl sites for hydroxylation is 1. The number of carbonyl (C=O) groups is 2. The summed E-state index contributed by atoms with van der Waals surface area (Å²) < 4.78 is 13.9. The van der Waals surface area contributed by atoms with E-state index in [1.807, 2.05) is 45.9 Å². The number of ether oxygens (including phenoxy) is 2. The number of Topliss-reactive ketones (excluding diaryl/α,β-unsaturated/α-hetero) is 1. The Bertz CT molecular complexity index is 1350. The number of ketones is 1. The summed E-state index contributed by atoms with van der Waals surface area (Å²) in [5, 5.41) is 9.33. The van der Waals surface area contributed by atoms with Gasteiger partial charge in [-0.1, -0.05) is 30.0 Å². The first-order valence-electron chi connectivity index (χ1n) is 11.7. The van der Waals surface area contributed by atoms with E-state index in [0.29, 0.717) is 47.6 Å². The van der Waals surface area contributed by atoms with Crippen LogP contribution >= 0.6 is 11.8 Å². The van der Waals surface area contributed by atoms with Crippen molar-refractivity contribution in [3.05, 3.63) is 71.6 Å². The molecule has 35 heavy (non-hydrogen) atoms. The summed E-state index contributed by atoms with van der Waals surface area (Å²) in [6, 6.07) is 11.4. The van der Waals surface area contributed by atoms with Crippen LogP contribution in [0, 0.1) is 0 Å². The van der Waals surface area contributed by atoms with Crippen LogP contribution in [-0.2, 0) is 24.2 Å². The van der Waals surface area contributed by atoms with Crippen LogP contribution in [0.2, 0.25) is 0 Å². The van der Waals surface area contributed by atoms with Crippen molar-refractivity contribution < 1.29 is 19.1 Å². The van der Waals surface area contributed by atoms with E-state index in [1.54, 1.807) is 6.08 Å². The average Bonchev–Trinajstić information content (AvgIpc) is 3.43. The summed E-state index contributed by atoms with van der Waals surface area (Å²) in [6.45, 7) is 5.43. The van der Waals surface area contributed by atoms with Gasteiger partial charge in [-0.15, -0.1) is 16.8 Å². The fourth-order valence-electron chi connectivity index (χ4n) is 4.95. The molecule has 3 aliphatic heterocycles. The maximum absolute atomic E-state index is 13.1. The van der Waals surface area contributed by atoms with Crippen molar-refractivity contribution in [1.82, 2.24) is 14.8 Å². The van der Waals surface area contributed by atoms with Gasteiger partial charge in [0.1, 0.15) is 6.61 Å². The minimum atomic E-state index is -0.410. The number of rotatable bonds is 7. The molecule has 0 aliphatic carbocycles. The number of anilines is 1. The summed E-state index contributed by atoms with van der Waals surface area (Å²) in [4.78, 5) is 27.3. The molecule has 2 aromatic carbocycles. The van der Waals surface area contributed by atoms with Gasteiger partial charge in [0, 0.05) is 18.7 Å². The van der Waals surface area contributed by atoms with Gasteiger partial charge >= 0.3 is 0 Å². The summed E-state index contributed by atoms with van der Waals surface area (Å²) in [6.07, 6.45) is 3.55. The largest absolute Gasteiger partial charge is 0.485 e. The molecular formula is C26H24N4O4S. The predicted molar refractivity (Wildman–Crippen MR) is 131 cm³/mol. The van der Waals surface area contributed by atoms with E-state index in [1.165, 1.54) is 11.8 Å². The molecule has 0 saturated heterocycles. The SMILES string of the molecule is C=CCn1c(SCC(=O)c2cc3c4c(c2)CC(=O)N4CCC3)nnc1C1COc2ccccc2O1. The Hall–Kier alpha value is -3.59. The number of hydrogen-bond donors (Lipinski definition) is 0. The normalized spacial score (nSPS) is 17.9. The topological polar surface area (TPSA) is 86.6 Å². The predicted octanol–water partition coefficient (Wildman–Crippen LogP) is 3.79. The van der Waals surface area contributed by atoms with Crippen LogP contribution in [-0.4, -0.2) is 45.4 Å². The first-order chi connectivity index (χ1) is 17.1. The molecule has 1 aromatic heterocycles. The molecule has 1 unspecified atom stereocenters. The molecule has 6 rings (SSSR count). The molecule has 1 amide bonds. The maximum atomic E-state index is 13.1. The van der Waals surface area contributed by atoms with E-state index in [-0.39, 0.29) is 17.4 Å². The summed E-state index contributed by atoms with van der Waals surface area (Å²) in [5.41, 5.74) is 3.74. The number of thioether (sulfide) groups is 1. The van der Waals surface area contributed by atoms with Crippen LogP contribution < -0.4 is 14.4 Å². The van der Waals surface area contributed by atoms with Gasteiger partial charge in [-0.3, -0.25) is 14.2 Å². The van der Waals surface area contributed by atoms with E-state index in [2.05, 4.69) is 16.8 Å². The highest BCUT2D eigenvalue weighted by Crippen LogP contribution is 2.38. The second-order valence-corrected chi connectivity index (χ2v) is 9.73. The van der Waals surface area contributed by atoms with E-state index in [0.717, 1.165) is 36.2 Å². The standard InChI is InChI=1S/C26H24N4O4S/c1-2-9-30-25(22-14-33-20-7-3-4-8-21(20)34-22)27-28-26(30)35-15-19(31)17-11-16-6-5-10-29-23(32)13-18(12-17)24(16)29/h2-4,7-8,11-12,22H,1,5-6,9-10,13-15H2. The number of carbonyl (C=O) groups excluding carboxylic acids is 2. The molecule has 3 aromatic rings. The number of benzene rings is 2. The van der Waals surface area contributed by atoms with Gasteiger partial charge in [-0.25, -0.2) is 0 Å². The van der Waals surface area contributed by atoms with Crippen LogP contribution in [0.5, 0.6) is 11.5 Å². The summed E-state index contributed by atoms with van der Waals surface area (Å²) in [5.74, 6) is 2.36. The molecule has 0 N–H and O–H groups in total. The third kappa shape index (κ3) is 3.89. The Morgan fingerprint density at radius 3 is 2.89 bits per heavy atom. The van der Waals surface area contributed by atoms with Crippen LogP contribution in [0.25, 0.3) is 0 Å². The Kier molecular flexibility index (Phi) is 5.56. The molecule has 8 nitrogen and oxygen atoms in total. The lowest BCUT2D eigenvalue weighted by molar-refractivity contribution is -0.117. The number of nitrogens with zero attached hydrogens (tertiary/aromatic N) is 4. The second-order valence-electron chi connectivity index (χ2n) is 8.78. The lowest BCUT2D eigenvalue weighted by Crippen LogP contribution is -2.31. The Morgan fingerprint density at radius 2 is 2.03 bits per heavy atom. The third-order valence-electron chi connectivity index (χ3n) is 6.52. The quantitative estimate of drug-likeness (QED) is 0.284. The van der Waals surface area contributed by atoms with Crippen molar-refractivity contribution >= 4 is 29.1 Å². The van der Waals surface area contributed by atoms with Crippen LogP contribution in [0.1, 0.15) is 39.8 Å². The number of amides is 1. The fourth-order valence-corrected chi connectivity index (χ4v) is 5.80. The first-order valence-corrected chi connectivity index (χ1v) is 12.7. The molecule has 0 bridgehead atoms. The monoisotopic (exact) mass is 488 g/mol. The van der Waals surface area contributed by atoms with Crippen LogP contribution in [0.15, 0.2) is 54.2 Å². The van der Waals surface area contributed by atoms with Crippen molar-refractivity contribution in [2.45, 2.75) is 37.1 Å². The van der Waals surface area contributed by atoms with E-state index in [4.69, 9.17) is 9.47 Å².